The summed E-state index contributed by atoms with van der Waals surface area (Å²) in [6.07, 6.45) is 1.53. The van der Waals surface area contributed by atoms with E-state index < -0.39 is 5.91 Å². The van der Waals surface area contributed by atoms with E-state index in [-0.39, 0.29) is 5.91 Å². The fourth-order valence-corrected chi connectivity index (χ4v) is 2.61. The van der Waals surface area contributed by atoms with Crippen molar-refractivity contribution in [2.24, 2.45) is 5.10 Å². The molecule has 3 rings (SSSR count). The van der Waals surface area contributed by atoms with E-state index in [4.69, 9.17) is 4.74 Å². The van der Waals surface area contributed by atoms with Crippen LogP contribution in [0, 0.1) is 6.92 Å². The van der Waals surface area contributed by atoms with Crippen LogP contribution >= 0.6 is 0 Å². The topological polar surface area (TPSA) is 79.8 Å². The molecule has 0 spiro atoms. The molecule has 0 saturated heterocycles. The number of carbonyl (C=O) groups is 2. The maximum absolute atomic E-state index is 12.5. The smallest absolute Gasteiger partial charge is 0.273 e. The molecule has 0 unspecified atom stereocenters. The highest BCUT2D eigenvalue weighted by atomic mass is 16.5. The predicted octanol–water partition coefficient (Wildman–Crippen LogP) is 4.02. The first kappa shape index (κ1) is 19.8. The lowest BCUT2D eigenvalue weighted by Gasteiger charge is -2.10. The molecule has 0 fully saturated rings. The van der Waals surface area contributed by atoms with Gasteiger partial charge in [-0.05, 0) is 61.0 Å². The van der Waals surface area contributed by atoms with Crippen LogP contribution in [0.15, 0.2) is 77.9 Å². The lowest BCUT2D eigenvalue weighted by Crippen LogP contribution is -2.21. The van der Waals surface area contributed by atoms with Crippen LogP contribution in [-0.2, 0) is 0 Å². The Hall–Kier alpha value is -3.93. The van der Waals surface area contributed by atoms with Gasteiger partial charge in [0.25, 0.3) is 11.8 Å². The zero-order valence-electron chi connectivity index (χ0n) is 16.2. The number of rotatable bonds is 6. The van der Waals surface area contributed by atoms with Gasteiger partial charge in [-0.15, -0.1) is 0 Å². The number of hydrogen-bond acceptors (Lipinski definition) is 4. The Morgan fingerprint density at radius 2 is 1.59 bits per heavy atom. The average Bonchev–Trinajstić information content (AvgIpc) is 2.75. The number of nitrogens with zero attached hydrogens (tertiary/aromatic N) is 1. The molecule has 0 aromatic heterocycles. The second-order valence-corrected chi connectivity index (χ2v) is 6.34. The number of methoxy groups -OCH3 is 1. The second kappa shape index (κ2) is 9.32. The van der Waals surface area contributed by atoms with Gasteiger partial charge in [0.05, 0.1) is 24.6 Å². The van der Waals surface area contributed by atoms with E-state index in [1.165, 1.54) is 6.21 Å². The van der Waals surface area contributed by atoms with Crippen LogP contribution in [0.4, 0.5) is 5.69 Å². The van der Waals surface area contributed by atoms with E-state index in [1.54, 1.807) is 55.6 Å². The van der Waals surface area contributed by atoms with Crippen molar-refractivity contribution in [2.75, 3.05) is 12.4 Å². The highest BCUT2D eigenvalue weighted by Crippen LogP contribution is 2.17. The van der Waals surface area contributed by atoms with Crippen molar-refractivity contribution in [1.82, 2.24) is 5.43 Å². The summed E-state index contributed by atoms with van der Waals surface area (Å²) in [6.45, 7) is 1.95. The molecule has 2 amide bonds. The van der Waals surface area contributed by atoms with Gasteiger partial charge in [0.15, 0.2) is 0 Å². The van der Waals surface area contributed by atoms with Crippen molar-refractivity contribution in [3.63, 3.8) is 0 Å². The number of carbonyl (C=O) groups excluding carboxylic acids is 2. The molecule has 6 heteroatoms. The molecule has 0 saturated carbocycles. The van der Waals surface area contributed by atoms with Gasteiger partial charge in [-0.2, -0.15) is 5.10 Å². The fraction of sp³-hybridized carbons (Fsp3) is 0.0870. The zero-order valence-corrected chi connectivity index (χ0v) is 16.2. The first-order valence-corrected chi connectivity index (χ1v) is 9.01. The minimum absolute atomic E-state index is 0.285. The largest absolute Gasteiger partial charge is 0.497 e. The molecule has 29 heavy (non-hydrogen) atoms. The van der Waals surface area contributed by atoms with E-state index in [2.05, 4.69) is 15.8 Å². The standard InChI is InChI=1S/C23H21N3O3/c1-16-7-11-18(12-8-16)22(27)25-21-6-4-3-5-20(21)23(28)26-24-15-17-9-13-19(29-2)14-10-17/h3-15H,1-2H3,(H,25,27)(H,26,28)/b24-15-. The molecule has 2 N–H and O–H groups in total. The molecule has 3 aromatic carbocycles. The van der Waals surface area contributed by atoms with Gasteiger partial charge < -0.3 is 10.1 Å². The minimum Gasteiger partial charge on any atom is -0.497 e. The summed E-state index contributed by atoms with van der Waals surface area (Å²) in [5.41, 5.74) is 5.61. The van der Waals surface area contributed by atoms with E-state index >= 15 is 0 Å². The lowest BCUT2D eigenvalue weighted by atomic mass is 10.1. The Labute approximate surface area is 169 Å². The number of nitrogens with one attached hydrogen (secondary N) is 2. The van der Waals surface area contributed by atoms with Gasteiger partial charge >= 0.3 is 0 Å². The minimum atomic E-state index is -0.422. The number of amides is 2. The summed E-state index contributed by atoms with van der Waals surface area (Å²) in [6, 6.07) is 21.2. The number of hydrogen-bond donors (Lipinski definition) is 2. The summed E-state index contributed by atoms with van der Waals surface area (Å²) in [5, 5.41) is 6.77. The summed E-state index contributed by atoms with van der Waals surface area (Å²) in [5.74, 6) is 0.0333. The number of para-hydroxylation sites is 1. The Balaban J connectivity index is 1.68. The molecule has 0 atom stereocenters. The van der Waals surface area contributed by atoms with Crippen molar-refractivity contribution >= 4 is 23.7 Å². The summed E-state index contributed by atoms with van der Waals surface area (Å²) in [4.78, 5) is 25.0. The molecular weight excluding hydrogens is 366 g/mol. The predicted molar refractivity (Wildman–Crippen MR) is 114 cm³/mol. The molecular formula is C23H21N3O3. The van der Waals surface area contributed by atoms with Crippen molar-refractivity contribution in [2.45, 2.75) is 6.92 Å². The molecule has 0 radical (unpaired) electrons. The highest BCUT2D eigenvalue weighted by molar-refractivity contribution is 6.09. The van der Waals surface area contributed by atoms with Gasteiger partial charge in [-0.1, -0.05) is 29.8 Å². The van der Waals surface area contributed by atoms with Crippen LogP contribution in [0.1, 0.15) is 31.8 Å². The van der Waals surface area contributed by atoms with Crippen molar-refractivity contribution < 1.29 is 14.3 Å². The van der Waals surface area contributed by atoms with Gasteiger partial charge in [-0.3, -0.25) is 9.59 Å². The van der Waals surface area contributed by atoms with Gasteiger partial charge in [0.1, 0.15) is 5.75 Å². The normalized spacial score (nSPS) is 10.6. The Morgan fingerprint density at radius 1 is 0.897 bits per heavy atom. The summed E-state index contributed by atoms with van der Waals surface area (Å²) in [7, 11) is 1.60. The Morgan fingerprint density at radius 3 is 2.28 bits per heavy atom. The summed E-state index contributed by atoms with van der Waals surface area (Å²) >= 11 is 0. The Kier molecular flexibility index (Phi) is 6.37. The average molecular weight is 387 g/mol. The van der Waals surface area contributed by atoms with Gasteiger partial charge in [0, 0.05) is 5.56 Å². The molecule has 0 bridgehead atoms. The maximum atomic E-state index is 12.5. The molecule has 0 aliphatic rings. The molecule has 6 nitrogen and oxygen atoms in total. The first-order valence-electron chi connectivity index (χ1n) is 9.01. The van der Waals surface area contributed by atoms with Crippen LogP contribution in [0.3, 0.4) is 0 Å². The first-order chi connectivity index (χ1) is 14.1. The van der Waals surface area contributed by atoms with E-state index in [1.807, 2.05) is 31.2 Å². The van der Waals surface area contributed by atoms with Crippen molar-refractivity contribution in [1.29, 1.82) is 0 Å². The van der Waals surface area contributed by atoms with Gasteiger partial charge in [0.2, 0.25) is 0 Å². The number of anilines is 1. The van der Waals surface area contributed by atoms with E-state index in [9.17, 15) is 9.59 Å². The highest BCUT2D eigenvalue weighted by Gasteiger charge is 2.13. The molecule has 146 valence electrons. The molecule has 3 aromatic rings. The fourth-order valence-electron chi connectivity index (χ4n) is 2.61. The maximum Gasteiger partial charge on any atom is 0.273 e. The number of aryl methyl sites for hydroxylation is 1. The lowest BCUT2D eigenvalue weighted by molar-refractivity contribution is 0.0956. The molecule has 0 heterocycles. The van der Waals surface area contributed by atoms with Crippen molar-refractivity contribution in [3.05, 3.63) is 95.1 Å². The van der Waals surface area contributed by atoms with Crippen LogP contribution < -0.4 is 15.5 Å². The quantitative estimate of drug-likeness (QED) is 0.495. The SMILES string of the molecule is COc1ccc(/C=N\NC(=O)c2ccccc2NC(=O)c2ccc(C)cc2)cc1. The third kappa shape index (κ3) is 5.29. The third-order valence-corrected chi connectivity index (χ3v) is 4.23. The molecule has 0 aliphatic heterocycles. The van der Waals surface area contributed by atoms with E-state index in [0.29, 0.717) is 16.8 Å². The van der Waals surface area contributed by atoms with E-state index in [0.717, 1.165) is 16.9 Å². The van der Waals surface area contributed by atoms with Gasteiger partial charge in [-0.25, -0.2) is 5.43 Å². The van der Waals surface area contributed by atoms with Crippen LogP contribution in [0.5, 0.6) is 5.75 Å². The monoisotopic (exact) mass is 387 g/mol. The Bertz CT molecular complexity index is 1030. The van der Waals surface area contributed by atoms with Crippen molar-refractivity contribution in [3.8, 4) is 5.75 Å². The second-order valence-electron chi connectivity index (χ2n) is 6.34. The number of benzene rings is 3. The van der Waals surface area contributed by atoms with Crippen LogP contribution in [-0.4, -0.2) is 25.1 Å². The number of ether oxygens (including phenoxy) is 1. The third-order valence-electron chi connectivity index (χ3n) is 4.23. The number of hydrazone groups is 1. The zero-order chi connectivity index (χ0) is 20.6. The molecule has 0 aliphatic carbocycles. The summed E-state index contributed by atoms with van der Waals surface area (Å²) < 4.78 is 5.10. The van der Waals surface area contributed by atoms with Crippen LogP contribution in [0.2, 0.25) is 0 Å². The van der Waals surface area contributed by atoms with Crippen LogP contribution in [0.25, 0.3) is 0 Å².